The molecule has 0 spiro atoms. The highest BCUT2D eigenvalue weighted by Crippen LogP contribution is 2.30. The SMILES string of the molecule is O=C1C[C@@H]2O[C@H](CNC(=O)[C@@H]3CN(CCN3C(=O)C3CCOCC3)C(=O)[C@@H]3C[C@@H](CN3CC3CCCCC3)N1)[C@@H](O)[C@H]2O. The van der Waals surface area contributed by atoms with Crippen molar-refractivity contribution in [1.82, 2.24) is 25.3 Å². The van der Waals surface area contributed by atoms with Crippen LogP contribution in [0, 0.1) is 11.8 Å². The average Bonchev–Trinajstić information content (AvgIpc) is 3.54. The number of aliphatic hydroxyl groups is 2. The van der Waals surface area contributed by atoms with Crippen LogP contribution in [0.3, 0.4) is 0 Å². The van der Waals surface area contributed by atoms with Crippen molar-refractivity contribution in [2.24, 2.45) is 11.8 Å². The first kappa shape index (κ1) is 30.7. The van der Waals surface area contributed by atoms with Crippen LogP contribution < -0.4 is 10.6 Å². The first-order valence-electron chi connectivity index (χ1n) is 16.3. The molecule has 0 aromatic carbocycles. The molecule has 0 radical (unpaired) electrons. The molecule has 6 aliphatic rings. The standard InChI is InChI=1S/C30H47N5O8/c36-25-13-23-26(37)27(38)24(43-23)14-31-28(39)22-17-33(8-9-35(22)29(40)19-6-10-42-11-7-19)30(41)21-12-20(32-25)16-34(21)15-18-4-2-1-3-5-18/h18-24,26-27,37-38H,1-17H2,(H,31,39)(H,32,36)/t20-,21-,22-,23-,24+,26-,27+/m0/s1. The van der Waals surface area contributed by atoms with Crippen molar-refractivity contribution in [1.29, 1.82) is 0 Å². The molecule has 4 amide bonds. The van der Waals surface area contributed by atoms with Gasteiger partial charge in [0.15, 0.2) is 0 Å². The molecule has 240 valence electrons. The van der Waals surface area contributed by atoms with Crippen LogP contribution in [0.25, 0.3) is 0 Å². The van der Waals surface area contributed by atoms with Gasteiger partial charge in [-0.2, -0.15) is 0 Å². The summed E-state index contributed by atoms with van der Waals surface area (Å²) in [6, 6.07) is -1.56. The van der Waals surface area contributed by atoms with E-state index in [9.17, 15) is 29.4 Å². The van der Waals surface area contributed by atoms with E-state index in [1.54, 1.807) is 9.80 Å². The lowest BCUT2D eigenvalue weighted by molar-refractivity contribution is -0.154. The number of hydrogen-bond acceptors (Lipinski definition) is 9. The molecule has 0 unspecified atom stereocenters. The number of rotatable bonds is 3. The predicted octanol–water partition coefficient (Wildman–Crippen LogP) is -1.40. The van der Waals surface area contributed by atoms with Crippen molar-refractivity contribution in [3.8, 4) is 0 Å². The fourth-order valence-electron chi connectivity index (χ4n) is 7.98. The molecule has 6 bridgehead atoms. The largest absolute Gasteiger partial charge is 0.388 e. The number of piperazine rings is 1. The van der Waals surface area contributed by atoms with Crippen LogP contribution >= 0.6 is 0 Å². The summed E-state index contributed by atoms with van der Waals surface area (Å²) >= 11 is 0. The lowest BCUT2D eigenvalue weighted by Crippen LogP contribution is -2.64. The van der Waals surface area contributed by atoms with Gasteiger partial charge in [-0.25, -0.2) is 0 Å². The molecule has 1 saturated carbocycles. The number of fused-ring (bicyclic) bond motifs is 6. The smallest absolute Gasteiger partial charge is 0.244 e. The van der Waals surface area contributed by atoms with Gasteiger partial charge in [0.1, 0.15) is 24.4 Å². The fourth-order valence-corrected chi connectivity index (χ4v) is 7.98. The quantitative estimate of drug-likeness (QED) is 0.303. The number of amides is 4. The second-order valence-corrected chi connectivity index (χ2v) is 13.3. The molecule has 13 heteroatoms. The van der Waals surface area contributed by atoms with Crippen LogP contribution in [0.5, 0.6) is 0 Å². The summed E-state index contributed by atoms with van der Waals surface area (Å²) < 4.78 is 11.3. The van der Waals surface area contributed by atoms with E-state index < -0.39 is 42.4 Å². The Hall–Kier alpha value is -2.32. The number of hydrogen-bond donors (Lipinski definition) is 4. The first-order valence-corrected chi connectivity index (χ1v) is 16.3. The summed E-state index contributed by atoms with van der Waals surface area (Å²) in [4.78, 5) is 60.0. The normalized spacial score (nSPS) is 37.3. The number of ether oxygens (including phenoxy) is 2. The van der Waals surface area contributed by atoms with E-state index in [0.717, 1.165) is 19.4 Å². The molecule has 7 atom stereocenters. The van der Waals surface area contributed by atoms with E-state index in [2.05, 4.69) is 15.5 Å². The van der Waals surface area contributed by atoms with E-state index in [1.807, 2.05) is 0 Å². The molecule has 5 aliphatic heterocycles. The summed E-state index contributed by atoms with van der Waals surface area (Å²) in [5, 5.41) is 27.1. The number of nitrogens with zero attached hydrogens (tertiary/aromatic N) is 3. The number of nitrogens with one attached hydrogen (secondary N) is 2. The van der Waals surface area contributed by atoms with Crippen molar-refractivity contribution >= 4 is 23.6 Å². The zero-order valence-electron chi connectivity index (χ0n) is 24.9. The minimum atomic E-state index is -1.28. The maximum atomic E-state index is 14.2. The van der Waals surface area contributed by atoms with Gasteiger partial charge >= 0.3 is 0 Å². The van der Waals surface area contributed by atoms with Gasteiger partial charge < -0.3 is 40.1 Å². The van der Waals surface area contributed by atoms with Crippen LogP contribution in [0.2, 0.25) is 0 Å². The van der Waals surface area contributed by atoms with Crippen LogP contribution in [-0.2, 0) is 28.7 Å². The van der Waals surface area contributed by atoms with Crippen molar-refractivity contribution < 1.29 is 38.9 Å². The molecule has 0 aromatic heterocycles. The third-order valence-electron chi connectivity index (χ3n) is 10.4. The maximum Gasteiger partial charge on any atom is 0.244 e. The molecule has 13 nitrogen and oxygen atoms in total. The molecule has 5 heterocycles. The van der Waals surface area contributed by atoms with E-state index >= 15 is 0 Å². The Bertz CT molecular complexity index is 1050. The van der Waals surface area contributed by atoms with Gasteiger partial charge in [0.05, 0.1) is 25.1 Å². The van der Waals surface area contributed by atoms with Gasteiger partial charge in [0, 0.05) is 57.9 Å². The van der Waals surface area contributed by atoms with Crippen LogP contribution in [-0.4, -0.2) is 144 Å². The molecule has 6 rings (SSSR count). The number of carbonyl (C=O) groups excluding carboxylic acids is 4. The number of aliphatic hydroxyl groups excluding tert-OH is 2. The summed E-state index contributed by atoms with van der Waals surface area (Å²) in [6.45, 7) is 2.89. The van der Waals surface area contributed by atoms with Gasteiger partial charge in [0.25, 0.3) is 0 Å². The summed E-state index contributed by atoms with van der Waals surface area (Å²) in [7, 11) is 0. The van der Waals surface area contributed by atoms with Crippen LogP contribution in [0.4, 0.5) is 0 Å². The molecule has 1 aliphatic carbocycles. The van der Waals surface area contributed by atoms with E-state index in [-0.39, 0.29) is 55.7 Å². The van der Waals surface area contributed by atoms with Gasteiger partial charge in [-0.15, -0.1) is 0 Å². The maximum absolute atomic E-state index is 14.2. The molecular formula is C30H47N5O8. The third-order valence-corrected chi connectivity index (χ3v) is 10.4. The minimum Gasteiger partial charge on any atom is -0.388 e. The highest BCUT2D eigenvalue weighted by Gasteiger charge is 2.47. The molecule has 0 aromatic rings. The van der Waals surface area contributed by atoms with Crippen molar-refractivity contribution in [2.75, 3.05) is 52.5 Å². The van der Waals surface area contributed by atoms with Gasteiger partial charge in [0.2, 0.25) is 23.6 Å². The lowest BCUT2D eigenvalue weighted by atomic mass is 9.89. The zero-order valence-corrected chi connectivity index (χ0v) is 24.9. The highest BCUT2D eigenvalue weighted by atomic mass is 16.5. The van der Waals surface area contributed by atoms with E-state index in [0.29, 0.717) is 51.5 Å². The Morgan fingerprint density at radius 3 is 2.42 bits per heavy atom. The van der Waals surface area contributed by atoms with Crippen LogP contribution in [0.1, 0.15) is 57.8 Å². The van der Waals surface area contributed by atoms with E-state index in [4.69, 9.17) is 9.47 Å². The fraction of sp³-hybridized carbons (Fsp3) is 0.867. The number of carbonyl (C=O) groups is 4. The Kier molecular flexibility index (Phi) is 9.53. The summed E-state index contributed by atoms with van der Waals surface area (Å²) in [5.41, 5.74) is 0. The van der Waals surface area contributed by atoms with Gasteiger partial charge in [-0.3, -0.25) is 24.1 Å². The highest BCUT2D eigenvalue weighted by molar-refractivity contribution is 5.91. The van der Waals surface area contributed by atoms with E-state index in [1.165, 1.54) is 19.3 Å². The zero-order chi connectivity index (χ0) is 30.1. The molecular weight excluding hydrogens is 558 g/mol. The number of likely N-dealkylation sites (tertiary alicyclic amines) is 1. The summed E-state index contributed by atoms with van der Waals surface area (Å²) in [5.74, 6) is -0.625. The minimum absolute atomic E-state index is 0.0649. The van der Waals surface area contributed by atoms with Gasteiger partial charge in [-0.05, 0) is 38.0 Å². The Labute approximate surface area is 252 Å². The Morgan fingerprint density at radius 2 is 1.65 bits per heavy atom. The van der Waals surface area contributed by atoms with Crippen molar-refractivity contribution in [3.63, 3.8) is 0 Å². The van der Waals surface area contributed by atoms with Crippen LogP contribution in [0.15, 0.2) is 0 Å². The van der Waals surface area contributed by atoms with Gasteiger partial charge in [-0.1, -0.05) is 19.3 Å². The van der Waals surface area contributed by atoms with Crippen molar-refractivity contribution in [2.45, 2.75) is 100 Å². The Morgan fingerprint density at radius 1 is 0.907 bits per heavy atom. The lowest BCUT2D eigenvalue weighted by Gasteiger charge is -2.43. The molecule has 43 heavy (non-hydrogen) atoms. The predicted molar refractivity (Wildman–Crippen MR) is 152 cm³/mol. The topological polar surface area (TPSA) is 161 Å². The third kappa shape index (κ3) is 6.70. The monoisotopic (exact) mass is 605 g/mol. The second kappa shape index (κ2) is 13.4. The average molecular weight is 606 g/mol. The first-order chi connectivity index (χ1) is 20.8. The van der Waals surface area contributed by atoms with Crippen molar-refractivity contribution in [3.05, 3.63) is 0 Å². The molecule has 5 saturated heterocycles. The summed E-state index contributed by atoms with van der Waals surface area (Å²) in [6.07, 6.45) is 3.00. The Balaban J connectivity index is 1.25. The second-order valence-electron chi connectivity index (χ2n) is 13.3. The molecule has 6 fully saturated rings. The molecule has 4 N–H and O–H groups in total.